The minimum Gasteiger partial charge on any atom is -0.364 e. The van der Waals surface area contributed by atoms with Gasteiger partial charge in [-0.05, 0) is 38.5 Å². The quantitative estimate of drug-likeness (QED) is 0.496. The Labute approximate surface area is 128 Å². The van der Waals surface area contributed by atoms with Gasteiger partial charge in [-0.2, -0.15) is 0 Å². The molecule has 0 saturated heterocycles. The van der Waals surface area contributed by atoms with E-state index in [0.717, 1.165) is 25.6 Å². The molecule has 1 heterocycles. The number of benzene rings is 1. The Balaban J connectivity index is 1.95. The van der Waals surface area contributed by atoms with Gasteiger partial charge in [0.1, 0.15) is 0 Å². The molecule has 114 valence electrons. The largest absolute Gasteiger partial charge is 0.364 e. The maximum atomic E-state index is 4.62. The third-order valence-electron chi connectivity index (χ3n) is 3.31. The summed E-state index contributed by atoms with van der Waals surface area (Å²) < 4.78 is 0. The van der Waals surface area contributed by atoms with Crippen LogP contribution in [0.25, 0.3) is 0 Å². The van der Waals surface area contributed by atoms with Crippen LogP contribution in [0, 0.1) is 0 Å². The molecule has 0 aliphatic carbocycles. The van der Waals surface area contributed by atoms with E-state index in [1.165, 1.54) is 11.3 Å². The monoisotopic (exact) mass is 286 g/mol. The molecule has 21 heavy (non-hydrogen) atoms. The molecule has 0 saturated carbocycles. The fourth-order valence-corrected chi connectivity index (χ4v) is 2.26. The average Bonchev–Trinajstić information content (AvgIpc) is 2.99. The first-order valence-electron chi connectivity index (χ1n) is 7.72. The SMILES string of the molecule is CCNC(=NCc1ccc(N2CC=CC2)cc1)NC(C)C. The van der Waals surface area contributed by atoms with Crippen molar-refractivity contribution in [1.82, 2.24) is 10.6 Å². The lowest BCUT2D eigenvalue weighted by molar-refractivity contribution is 0.700. The van der Waals surface area contributed by atoms with Crippen molar-refractivity contribution in [2.24, 2.45) is 4.99 Å². The van der Waals surface area contributed by atoms with Gasteiger partial charge in [0.25, 0.3) is 0 Å². The highest BCUT2D eigenvalue weighted by Crippen LogP contribution is 2.17. The van der Waals surface area contributed by atoms with E-state index >= 15 is 0 Å². The summed E-state index contributed by atoms with van der Waals surface area (Å²) in [6, 6.07) is 9.07. The first-order valence-corrected chi connectivity index (χ1v) is 7.72. The van der Waals surface area contributed by atoms with E-state index in [2.05, 4.69) is 77.7 Å². The lowest BCUT2D eigenvalue weighted by Gasteiger charge is -2.17. The predicted molar refractivity (Wildman–Crippen MR) is 90.9 cm³/mol. The van der Waals surface area contributed by atoms with Crippen LogP contribution in [-0.4, -0.2) is 31.6 Å². The number of guanidine groups is 1. The van der Waals surface area contributed by atoms with Gasteiger partial charge in [0, 0.05) is 31.4 Å². The summed E-state index contributed by atoms with van der Waals surface area (Å²) in [5, 5.41) is 6.59. The molecule has 2 rings (SSSR count). The lowest BCUT2D eigenvalue weighted by Crippen LogP contribution is -2.40. The lowest BCUT2D eigenvalue weighted by atomic mass is 10.2. The maximum absolute atomic E-state index is 4.62. The molecule has 0 aromatic heterocycles. The normalized spacial score (nSPS) is 14.9. The molecule has 0 fully saturated rings. The van der Waals surface area contributed by atoms with Crippen LogP contribution in [0.2, 0.25) is 0 Å². The fraction of sp³-hybridized carbons (Fsp3) is 0.471. The van der Waals surface area contributed by atoms with Gasteiger partial charge in [-0.3, -0.25) is 0 Å². The number of nitrogens with one attached hydrogen (secondary N) is 2. The summed E-state index contributed by atoms with van der Waals surface area (Å²) >= 11 is 0. The van der Waals surface area contributed by atoms with Crippen LogP contribution in [0.5, 0.6) is 0 Å². The van der Waals surface area contributed by atoms with E-state index in [1.807, 2.05) is 0 Å². The number of aliphatic imine (C=N–C) groups is 1. The number of nitrogens with zero attached hydrogens (tertiary/aromatic N) is 2. The van der Waals surface area contributed by atoms with Crippen LogP contribution in [0.3, 0.4) is 0 Å². The fourth-order valence-electron chi connectivity index (χ4n) is 2.26. The van der Waals surface area contributed by atoms with Crippen molar-refractivity contribution in [3.8, 4) is 0 Å². The zero-order chi connectivity index (χ0) is 15.1. The molecule has 1 aliphatic heterocycles. The molecule has 0 bridgehead atoms. The van der Waals surface area contributed by atoms with Gasteiger partial charge < -0.3 is 15.5 Å². The standard InChI is InChI=1S/C17H26N4/c1-4-18-17(20-14(2)3)19-13-15-7-9-16(10-8-15)21-11-5-6-12-21/h5-10,14H,4,11-13H2,1-3H3,(H2,18,19,20). The highest BCUT2D eigenvalue weighted by Gasteiger charge is 2.07. The highest BCUT2D eigenvalue weighted by atomic mass is 15.2. The summed E-state index contributed by atoms with van der Waals surface area (Å²) in [7, 11) is 0. The van der Waals surface area contributed by atoms with Gasteiger partial charge in [-0.25, -0.2) is 4.99 Å². The number of rotatable bonds is 5. The summed E-state index contributed by atoms with van der Waals surface area (Å²) in [6.45, 7) is 9.91. The summed E-state index contributed by atoms with van der Waals surface area (Å²) in [4.78, 5) is 6.96. The Morgan fingerprint density at radius 2 is 1.86 bits per heavy atom. The van der Waals surface area contributed by atoms with E-state index in [4.69, 9.17) is 0 Å². The van der Waals surface area contributed by atoms with Gasteiger partial charge in [0.15, 0.2) is 5.96 Å². The average molecular weight is 286 g/mol. The molecule has 4 heteroatoms. The molecule has 0 spiro atoms. The summed E-state index contributed by atoms with van der Waals surface area (Å²) in [6.07, 6.45) is 4.41. The van der Waals surface area contributed by atoms with Crippen molar-refractivity contribution >= 4 is 11.6 Å². The Morgan fingerprint density at radius 1 is 1.19 bits per heavy atom. The zero-order valence-corrected chi connectivity index (χ0v) is 13.3. The van der Waals surface area contributed by atoms with Crippen molar-refractivity contribution < 1.29 is 0 Å². The molecular weight excluding hydrogens is 260 g/mol. The van der Waals surface area contributed by atoms with E-state index in [1.54, 1.807) is 0 Å². The van der Waals surface area contributed by atoms with Crippen molar-refractivity contribution in [3.05, 3.63) is 42.0 Å². The number of anilines is 1. The topological polar surface area (TPSA) is 39.7 Å². The predicted octanol–water partition coefficient (Wildman–Crippen LogP) is 2.53. The van der Waals surface area contributed by atoms with E-state index in [0.29, 0.717) is 12.6 Å². The van der Waals surface area contributed by atoms with Crippen LogP contribution in [0.1, 0.15) is 26.3 Å². The second-order valence-corrected chi connectivity index (χ2v) is 5.54. The molecule has 1 aromatic carbocycles. The van der Waals surface area contributed by atoms with Crippen molar-refractivity contribution in [3.63, 3.8) is 0 Å². The zero-order valence-electron chi connectivity index (χ0n) is 13.3. The first kappa shape index (κ1) is 15.4. The van der Waals surface area contributed by atoms with Crippen molar-refractivity contribution in [2.45, 2.75) is 33.4 Å². The number of hydrogen-bond donors (Lipinski definition) is 2. The van der Waals surface area contributed by atoms with Crippen molar-refractivity contribution in [2.75, 3.05) is 24.5 Å². The van der Waals surface area contributed by atoms with Gasteiger partial charge in [0.05, 0.1) is 6.54 Å². The van der Waals surface area contributed by atoms with Crippen LogP contribution >= 0.6 is 0 Å². The third-order valence-corrected chi connectivity index (χ3v) is 3.31. The van der Waals surface area contributed by atoms with Crippen LogP contribution in [0.4, 0.5) is 5.69 Å². The minimum absolute atomic E-state index is 0.382. The summed E-state index contributed by atoms with van der Waals surface area (Å²) in [5.74, 6) is 0.875. The molecule has 0 amide bonds. The second-order valence-electron chi connectivity index (χ2n) is 5.54. The molecule has 0 radical (unpaired) electrons. The molecule has 0 unspecified atom stereocenters. The smallest absolute Gasteiger partial charge is 0.191 e. The molecule has 1 aliphatic rings. The first-order chi connectivity index (χ1) is 10.2. The van der Waals surface area contributed by atoms with Gasteiger partial charge in [0.2, 0.25) is 0 Å². The Bertz CT molecular complexity index is 480. The Kier molecular flexibility index (Phi) is 5.67. The molecule has 0 atom stereocenters. The number of hydrogen-bond acceptors (Lipinski definition) is 2. The Hall–Kier alpha value is -1.97. The van der Waals surface area contributed by atoms with Gasteiger partial charge >= 0.3 is 0 Å². The van der Waals surface area contributed by atoms with Crippen molar-refractivity contribution in [1.29, 1.82) is 0 Å². The molecule has 4 nitrogen and oxygen atoms in total. The van der Waals surface area contributed by atoms with Crippen LogP contribution in [-0.2, 0) is 6.54 Å². The van der Waals surface area contributed by atoms with Gasteiger partial charge in [-0.1, -0.05) is 24.3 Å². The van der Waals surface area contributed by atoms with E-state index in [9.17, 15) is 0 Å². The van der Waals surface area contributed by atoms with E-state index in [-0.39, 0.29) is 0 Å². The minimum atomic E-state index is 0.382. The Morgan fingerprint density at radius 3 is 2.43 bits per heavy atom. The molecular formula is C17H26N4. The second kappa shape index (κ2) is 7.72. The highest BCUT2D eigenvalue weighted by molar-refractivity contribution is 5.80. The third kappa shape index (κ3) is 4.81. The van der Waals surface area contributed by atoms with Gasteiger partial charge in [-0.15, -0.1) is 0 Å². The molecule has 2 N–H and O–H groups in total. The van der Waals surface area contributed by atoms with Crippen LogP contribution in [0.15, 0.2) is 41.4 Å². The maximum Gasteiger partial charge on any atom is 0.191 e. The summed E-state index contributed by atoms with van der Waals surface area (Å²) in [5.41, 5.74) is 2.51. The van der Waals surface area contributed by atoms with Crippen LogP contribution < -0.4 is 15.5 Å². The molecule has 1 aromatic rings. The van der Waals surface area contributed by atoms with E-state index < -0.39 is 0 Å².